The van der Waals surface area contributed by atoms with Gasteiger partial charge in [0.2, 0.25) is 0 Å². The minimum absolute atomic E-state index is 0.00961. The first-order valence-corrected chi connectivity index (χ1v) is 7.25. The van der Waals surface area contributed by atoms with Gasteiger partial charge in [-0.2, -0.15) is 0 Å². The molecule has 6 heteroatoms. The van der Waals surface area contributed by atoms with Crippen LogP contribution in [0, 0.1) is 0 Å². The fourth-order valence-electron chi connectivity index (χ4n) is 2.73. The number of likely N-dealkylation sites (N-methyl/N-ethyl adjacent to an activating group) is 1. The van der Waals surface area contributed by atoms with Crippen LogP contribution in [0.1, 0.15) is 6.42 Å². The number of morpholine rings is 1. The van der Waals surface area contributed by atoms with Crippen LogP contribution in [0.2, 0.25) is 0 Å². The van der Waals surface area contributed by atoms with E-state index >= 15 is 0 Å². The van der Waals surface area contributed by atoms with Crippen molar-refractivity contribution < 1.29 is 14.3 Å². The minimum atomic E-state index is -0.00961. The molecule has 114 valence electrons. The van der Waals surface area contributed by atoms with Gasteiger partial charge in [0.15, 0.2) is 0 Å². The van der Waals surface area contributed by atoms with Gasteiger partial charge in [-0.1, -0.05) is 6.08 Å². The molecule has 2 fully saturated rings. The standard InChI is InChI=1S/C14H25N3O3/c1-3-8-19-9-5-15-14(18)17-6-4-13-12(11-17)16(2)7-10-20-13/h3,12-13H,1,4-11H2,2H3,(H,15,18)/t12-,13+/m0/s1. The molecule has 0 aromatic carbocycles. The third kappa shape index (κ3) is 3.94. The lowest BCUT2D eigenvalue weighted by Gasteiger charge is -2.45. The number of nitrogens with zero attached hydrogens (tertiary/aromatic N) is 2. The first-order chi connectivity index (χ1) is 9.72. The number of likely N-dealkylation sites (tertiary alicyclic amines) is 1. The average molecular weight is 283 g/mol. The number of carbonyl (C=O) groups excluding carboxylic acids is 1. The van der Waals surface area contributed by atoms with Gasteiger partial charge in [0.25, 0.3) is 0 Å². The summed E-state index contributed by atoms with van der Waals surface area (Å²) in [7, 11) is 2.10. The largest absolute Gasteiger partial charge is 0.376 e. The summed E-state index contributed by atoms with van der Waals surface area (Å²) in [6, 6.07) is 0.310. The Morgan fingerprint density at radius 3 is 3.20 bits per heavy atom. The topological polar surface area (TPSA) is 54.0 Å². The zero-order chi connectivity index (χ0) is 14.4. The van der Waals surface area contributed by atoms with Crippen LogP contribution >= 0.6 is 0 Å². The molecule has 2 aliphatic rings. The first kappa shape index (κ1) is 15.3. The summed E-state index contributed by atoms with van der Waals surface area (Å²) in [5.41, 5.74) is 0. The predicted molar refractivity (Wildman–Crippen MR) is 76.8 cm³/mol. The smallest absolute Gasteiger partial charge is 0.317 e. The highest BCUT2D eigenvalue weighted by Crippen LogP contribution is 2.21. The summed E-state index contributed by atoms with van der Waals surface area (Å²) >= 11 is 0. The Labute approximate surface area is 120 Å². The van der Waals surface area contributed by atoms with E-state index in [1.54, 1.807) is 6.08 Å². The molecule has 2 aliphatic heterocycles. The second kappa shape index (κ2) is 7.61. The molecule has 0 spiro atoms. The lowest BCUT2D eigenvalue weighted by molar-refractivity contribution is -0.0881. The van der Waals surface area contributed by atoms with Gasteiger partial charge in [-0.05, 0) is 13.5 Å². The number of rotatable bonds is 5. The number of ether oxygens (including phenoxy) is 2. The van der Waals surface area contributed by atoms with Crippen LogP contribution in [0.5, 0.6) is 0 Å². The van der Waals surface area contributed by atoms with Gasteiger partial charge in [0, 0.05) is 26.2 Å². The van der Waals surface area contributed by atoms with Crippen LogP contribution in [0.3, 0.4) is 0 Å². The Balaban J connectivity index is 1.72. The highest BCUT2D eigenvalue weighted by Gasteiger charge is 2.36. The second-order valence-corrected chi connectivity index (χ2v) is 5.29. The van der Waals surface area contributed by atoms with Gasteiger partial charge < -0.3 is 19.7 Å². The van der Waals surface area contributed by atoms with Crippen LogP contribution in [0.25, 0.3) is 0 Å². The molecular formula is C14H25N3O3. The molecule has 0 bridgehead atoms. The number of nitrogens with one attached hydrogen (secondary N) is 1. The summed E-state index contributed by atoms with van der Waals surface area (Å²) in [5.74, 6) is 0. The molecule has 0 aliphatic carbocycles. The fourth-order valence-corrected chi connectivity index (χ4v) is 2.73. The van der Waals surface area contributed by atoms with E-state index in [2.05, 4.69) is 23.8 Å². The minimum Gasteiger partial charge on any atom is -0.376 e. The van der Waals surface area contributed by atoms with Crippen molar-refractivity contribution in [2.24, 2.45) is 0 Å². The molecule has 2 rings (SSSR count). The third-order valence-electron chi connectivity index (χ3n) is 3.91. The highest BCUT2D eigenvalue weighted by atomic mass is 16.5. The van der Waals surface area contributed by atoms with Crippen LogP contribution in [-0.4, -0.2) is 81.0 Å². The maximum atomic E-state index is 12.1. The van der Waals surface area contributed by atoms with E-state index in [0.717, 1.165) is 32.7 Å². The maximum absolute atomic E-state index is 12.1. The number of amides is 2. The molecule has 0 radical (unpaired) electrons. The van der Waals surface area contributed by atoms with E-state index < -0.39 is 0 Å². The lowest BCUT2D eigenvalue weighted by atomic mass is 9.99. The zero-order valence-electron chi connectivity index (χ0n) is 12.2. The summed E-state index contributed by atoms with van der Waals surface area (Å²) < 4.78 is 11.0. The molecule has 20 heavy (non-hydrogen) atoms. The van der Waals surface area contributed by atoms with Gasteiger partial charge in [-0.3, -0.25) is 4.90 Å². The first-order valence-electron chi connectivity index (χ1n) is 7.25. The van der Waals surface area contributed by atoms with Crippen molar-refractivity contribution in [2.45, 2.75) is 18.6 Å². The molecule has 2 saturated heterocycles. The normalized spacial score (nSPS) is 26.9. The molecule has 1 N–H and O–H groups in total. The average Bonchev–Trinajstić information content (AvgIpc) is 2.47. The van der Waals surface area contributed by atoms with Crippen LogP contribution < -0.4 is 5.32 Å². The van der Waals surface area contributed by atoms with Crippen LogP contribution in [0.4, 0.5) is 4.79 Å². The Hall–Kier alpha value is -1.11. The van der Waals surface area contributed by atoms with E-state index in [-0.39, 0.29) is 12.1 Å². The van der Waals surface area contributed by atoms with Gasteiger partial charge in [-0.25, -0.2) is 4.79 Å². The van der Waals surface area contributed by atoms with Crippen molar-refractivity contribution in [3.63, 3.8) is 0 Å². The molecule has 0 unspecified atom stereocenters. The maximum Gasteiger partial charge on any atom is 0.317 e. The Morgan fingerprint density at radius 1 is 1.55 bits per heavy atom. The molecule has 0 aromatic heterocycles. The zero-order valence-corrected chi connectivity index (χ0v) is 12.2. The molecule has 0 saturated carbocycles. The van der Waals surface area contributed by atoms with E-state index in [1.165, 1.54) is 0 Å². The monoisotopic (exact) mass is 283 g/mol. The molecule has 0 aromatic rings. The van der Waals surface area contributed by atoms with Crippen molar-refractivity contribution >= 4 is 6.03 Å². The molecule has 2 atom stereocenters. The van der Waals surface area contributed by atoms with Gasteiger partial charge in [0.05, 0.1) is 32.0 Å². The predicted octanol–water partition coefficient (Wildman–Crippen LogP) is 0.304. The summed E-state index contributed by atoms with van der Waals surface area (Å²) in [6.07, 6.45) is 2.88. The number of piperidine rings is 1. The number of hydrogen-bond donors (Lipinski definition) is 1. The SMILES string of the molecule is C=CCOCCNC(=O)N1CC[C@H]2OCCN(C)[C@H]2C1. The third-order valence-corrected chi connectivity index (χ3v) is 3.91. The van der Waals surface area contributed by atoms with Crippen molar-refractivity contribution in [3.8, 4) is 0 Å². The summed E-state index contributed by atoms with van der Waals surface area (Å²) in [4.78, 5) is 16.3. The summed E-state index contributed by atoms with van der Waals surface area (Å²) in [6.45, 7) is 8.37. The quantitative estimate of drug-likeness (QED) is 0.582. The van der Waals surface area contributed by atoms with E-state index in [9.17, 15) is 4.79 Å². The van der Waals surface area contributed by atoms with Crippen LogP contribution in [0.15, 0.2) is 12.7 Å². The van der Waals surface area contributed by atoms with Crippen LogP contribution in [-0.2, 0) is 9.47 Å². The molecular weight excluding hydrogens is 258 g/mol. The van der Waals surface area contributed by atoms with Crippen molar-refractivity contribution in [2.75, 3.05) is 53.0 Å². The van der Waals surface area contributed by atoms with E-state index in [0.29, 0.717) is 25.8 Å². The van der Waals surface area contributed by atoms with Crippen molar-refractivity contribution in [3.05, 3.63) is 12.7 Å². The number of carbonyl (C=O) groups is 1. The summed E-state index contributed by atoms with van der Waals surface area (Å²) in [5, 5.41) is 2.89. The second-order valence-electron chi connectivity index (χ2n) is 5.29. The van der Waals surface area contributed by atoms with E-state index in [4.69, 9.17) is 9.47 Å². The lowest BCUT2D eigenvalue weighted by Crippen LogP contribution is -2.60. The van der Waals surface area contributed by atoms with Gasteiger partial charge >= 0.3 is 6.03 Å². The number of urea groups is 1. The Kier molecular flexibility index (Phi) is 5.82. The number of fused-ring (bicyclic) bond motifs is 1. The fraction of sp³-hybridized carbons (Fsp3) is 0.786. The van der Waals surface area contributed by atoms with Gasteiger partial charge in [0.1, 0.15) is 0 Å². The van der Waals surface area contributed by atoms with Gasteiger partial charge in [-0.15, -0.1) is 6.58 Å². The van der Waals surface area contributed by atoms with Crippen molar-refractivity contribution in [1.29, 1.82) is 0 Å². The van der Waals surface area contributed by atoms with Crippen molar-refractivity contribution in [1.82, 2.24) is 15.1 Å². The highest BCUT2D eigenvalue weighted by molar-refractivity contribution is 5.74. The molecule has 6 nitrogen and oxygen atoms in total. The Bertz CT molecular complexity index is 338. The molecule has 2 amide bonds. The van der Waals surface area contributed by atoms with E-state index in [1.807, 2.05) is 4.90 Å². The Morgan fingerprint density at radius 2 is 2.40 bits per heavy atom. The number of hydrogen-bond acceptors (Lipinski definition) is 4. The molecule has 2 heterocycles.